The summed E-state index contributed by atoms with van der Waals surface area (Å²) >= 11 is 0. The number of fused-ring (bicyclic) bond motifs is 1. The molecule has 0 spiro atoms. The molecule has 0 saturated heterocycles. The van der Waals surface area contributed by atoms with E-state index >= 15 is 0 Å². The number of aromatic nitrogens is 5. The fourth-order valence-corrected chi connectivity index (χ4v) is 4.34. The van der Waals surface area contributed by atoms with E-state index in [9.17, 15) is 4.39 Å². The van der Waals surface area contributed by atoms with Crippen molar-refractivity contribution in [2.24, 2.45) is 0 Å². The lowest BCUT2D eigenvalue weighted by atomic mass is 9.93. The van der Waals surface area contributed by atoms with Crippen molar-refractivity contribution >= 4 is 11.6 Å². The van der Waals surface area contributed by atoms with Gasteiger partial charge in [-0.05, 0) is 55.7 Å². The number of rotatable bonds is 5. The molecular formula is C25H25FN6O. The van der Waals surface area contributed by atoms with E-state index in [1.54, 1.807) is 13.3 Å². The second-order valence-electron chi connectivity index (χ2n) is 8.24. The third-order valence-electron chi connectivity index (χ3n) is 5.94. The molecular weight excluding hydrogens is 419 g/mol. The summed E-state index contributed by atoms with van der Waals surface area (Å²) in [5, 5.41) is 16.1. The van der Waals surface area contributed by atoms with Crippen LogP contribution in [0.15, 0.2) is 54.7 Å². The Hall–Kier alpha value is -3.81. The van der Waals surface area contributed by atoms with Gasteiger partial charge in [-0.25, -0.2) is 9.07 Å². The van der Waals surface area contributed by atoms with Crippen LogP contribution < -0.4 is 10.1 Å². The first-order chi connectivity index (χ1) is 16.1. The average Bonchev–Trinajstić information content (AvgIpc) is 3.11. The van der Waals surface area contributed by atoms with E-state index in [0.717, 1.165) is 65.5 Å². The standard InChI is InChI=1S/C25H25FN6O/c1-16-13-18(15-27-30-16)21-11-10-20(14-23(21)33-2)28-25-29-24-22(5-3-4-12-32(24)31-25)17-6-8-19(26)9-7-17/h6-11,13-15,22H,3-5,12H2,1-2H3,(H,28,31). The first-order valence-corrected chi connectivity index (χ1v) is 11.1. The number of aryl methyl sites for hydroxylation is 2. The zero-order valence-electron chi connectivity index (χ0n) is 18.6. The second-order valence-corrected chi connectivity index (χ2v) is 8.24. The Balaban J connectivity index is 1.43. The molecule has 2 aromatic heterocycles. The highest BCUT2D eigenvalue weighted by Crippen LogP contribution is 2.35. The number of hydrogen-bond acceptors (Lipinski definition) is 6. The first kappa shape index (κ1) is 21.1. The lowest BCUT2D eigenvalue weighted by Crippen LogP contribution is -2.08. The second kappa shape index (κ2) is 8.97. The van der Waals surface area contributed by atoms with Crippen molar-refractivity contribution in [1.29, 1.82) is 0 Å². The highest BCUT2D eigenvalue weighted by Gasteiger charge is 2.24. The number of hydrogen-bond donors (Lipinski definition) is 1. The van der Waals surface area contributed by atoms with Crippen molar-refractivity contribution in [3.8, 4) is 16.9 Å². The van der Waals surface area contributed by atoms with Crippen LogP contribution in [0.4, 0.5) is 16.0 Å². The van der Waals surface area contributed by atoms with Crippen LogP contribution in [0.2, 0.25) is 0 Å². The summed E-state index contributed by atoms with van der Waals surface area (Å²) in [5.41, 5.74) is 4.61. The molecule has 1 N–H and O–H groups in total. The van der Waals surface area contributed by atoms with Gasteiger partial charge in [0.2, 0.25) is 5.95 Å². The Bertz CT molecular complexity index is 1270. The zero-order chi connectivity index (χ0) is 22.8. The number of methoxy groups -OCH3 is 1. The van der Waals surface area contributed by atoms with Gasteiger partial charge in [0.15, 0.2) is 0 Å². The molecule has 7 nitrogen and oxygen atoms in total. The van der Waals surface area contributed by atoms with Gasteiger partial charge in [0, 0.05) is 35.3 Å². The number of halogens is 1. The average molecular weight is 445 g/mol. The number of nitrogens with zero attached hydrogens (tertiary/aromatic N) is 5. The lowest BCUT2D eigenvalue weighted by Gasteiger charge is -2.14. The predicted molar refractivity (Wildman–Crippen MR) is 124 cm³/mol. The zero-order valence-corrected chi connectivity index (χ0v) is 18.6. The maximum atomic E-state index is 13.4. The molecule has 8 heteroatoms. The smallest absolute Gasteiger partial charge is 0.246 e. The van der Waals surface area contributed by atoms with Gasteiger partial charge in [-0.15, -0.1) is 5.10 Å². The molecule has 3 heterocycles. The van der Waals surface area contributed by atoms with Gasteiger partial charge in [0.25, 0.3) is 0 Å². The summed E-state index contributed by atoms with van der Waals surface area (Å²) in [5.74, 6) is 2.03. The van der Waals surface area contributed by atoms with Crippen LogP contribution >= 0.6 is 0 Å². The lowest BCUT2D eigenvalue weighted by molar-refractivity contribution is 0.416. The number of anilines is 2. The minimum Gasteiger partial charge on any atom is -0.496 e. The molecule has 5 rings (SSSR count). The summed E-state index contributed by atoms with van der Waals surface area (Å²) in [6.07, 6.45) is 4.81. The van der Waals surface area contributed by atoms with E-state index in [1.165, 1.54) is 12.1 Å². The molecule has 168 valence electrons. The SMILES string of the molecule is COc1cc(Nc2nc3n(n2)CCCCC3c2ccc(F)cc2)ccc1-c1cnnc(C)c1. The molecule has 2 aromatic carbocycles. The summed E-state index contributed by atoms with van der Waals surface area (Å²) in [6.45, 7) is 2.73. The van der Waals surface area contributed by atoms with E-state index in [2.05, 4.69) is 15.5 Å². The van der Waals surface area contributed by atoms with E-state index in [-0.39, 0.29) is 11.7 Å². The monoisotopic (exact) mass is 444 g/mol. The number of ether oxygens (including phenoxy) is 1. The fourth-order valence-electron chi connectivity index (χ4n) is 4.34. The van der Waals surface area contributed by atoms with Crippen LogP contribution in [0.5, 0.6) is 5.75 Å². The first-order valence-electron chi connectivity index (χ1n) is 11.1. The third-order valence-corrected chi connectivity index (χ3v) is 5.94. The molecule has 4 aromatic rings. The van der Waals surface area contributed by atoms with Gasteiger partial charge >= 0.3 is 0 Å². The van der Waals surface area contributed by atoms with Gasteiger partial charge in [0.1, 0.15) is 17.4 Å². The summed E-state index contributed by atoms with van der Waals surface area (Å²) in [7, 11) is 1.65. The molecule has 0 fully saturated rings. The Kier molecular flexibility index (Phi) is 5.73. The molecule has 0 radical (unpaired) electrons. The minimum atomic E-state index is -0.230. The van der Waals surface area contributed by atoms with Crippen LogP contribution in [0.3, 0.4) is 0 Å². The van der Waals surface area contributed by atoms with Crippen molar-refractivity contribution in [3.05, 3.63) is 77.6 Å². The molecule has 0 amide bonds. The molecule has 33 heavy (non-hydrogen) atoms. The fraction of sp³-hybridized carbons (Fsp3) is 0.280. The van der Waals surface area contributed by atoms with Crippen molar-refractivity contribution in [2.45, 2.75) is 38.6 Å². The predicted octanol–water partition coefficient (Wildman–Crippen LogP) is 5.25. The Morgan fingerprint density at radius 1 is 1.09 bits per heavy atom. The van der Waals surface area contributed by atoms with E-state index in [1.807, 2.05) is 48.0 Å². The minimum absolute atomic E-state index is 0.0930. The van der Waals surface area contributed by atoms with Crippen LogP contribution in [0.1, 0.15) is 42.3 Å². The van der Waals surface area contributed by atoms with Gasteiger partial charge in [-0.2, -0.15) is 15.2 Å². The third kappa shape index (κ3) is 4.41. The van der Waals surface area contributed by atoms with Crippen molar-refractivity contribution in [3.63, 3.8) is 0 Å². The summed E-state index contributed by atoms with van der Waals surface area (Å²) in [6, 6.07) is 14.6. The maximum Gasteiger partial charge on any atom is 0.246 e. The normalized spacial score (nSPS) is 15.5. The molecule has 0 saturated carbocycles. The molecule has 0 aliphatic carbocycles. The van der Waals surface area contributed by atoms with E-state index in [0.29, 0.717) is 5.95 Å². The van der Waals surface area contributed by atoms with E-state index in [4.69, 9.17) is 14.8 Å². The Labute approximate surface area is 191 Å². The molecule has 0 bridgehead atoms. The summed E-state index contributed by atoms with van der Waals surface area (Å²) < 4.78 is 21.0. The molecule has 1 unspecified atom stereocenters. The van der Waals surface area contributed by atoms with Crippen LogP contribution in [-0.4, -0.2) is 32.1 Å². The van der Waals surface area contributed by atoms with Gasteiger partial charge in [0.05, 0.1) is 19.0 Å². The highest BCUT2D eigenvalue weighted by molar-refractivity contribution is 5.74. The van der Waals surface area contributed by atoms with Crippen molar-refractivity contribution < 1.29 is 9.13 Å². The molecule has 1 atom stereocenters. The number of benzene rings is 2. The van der Waals surface area contributed by atoms with Crippen molar-refractivity contribution in [1.82, 2.24) is 25.0 Å². The Morgan fingerprint density at radius 3 is 2.73 bits per heavy atom. The Morgan fingerprint density at radius 2 is 1.94 bits per heavy atom. The van der Waals surface area contributed by atoms with Crippen molar-refractivity contribution in [2.75, 3.05) is 12.4 Å². The topological polar surface area (TPSA) is 77.8 Å². The number of nitrogens with one attached hydrogen (secondary N) is 1. The van der Waals surface area contributed by atoms with Gasteiger partial charge < -0.3 is 10.1 Å². The van der Waals surface area contributed by atoms with E-state index < -0.39 is 0 Å². The molecule has 1 aliphatic rings. The quantitative estimate of drug-likeness (QED) is 0.453. The highest BCUT2D eigenvalue weighted by atomic mass is 19.1. The van der Waals surface area contributed by atoms with Crippen LogP contribution in [0, 0.1) is 12.7 Å². The van der Waals surface area contributed by atoms with Gasteiger partial charge in [-0.3, -0.25) is 0 Å². The molecule has 1 aliphatic heterocycles. The van der Waals surface area contributed by atoms with Crippen LogP contribution in [-0.2, 0) is 6.54 Å². The largest absolute Gasteiger partial charge is 0.496 e. The maximum absolute atomic E-state index is 13.4. The van der Waals surface area contributed by atoms with Crippen LogP contribution in [0.25, 0.3) is 11.1 Å². The van der Waals surface area contributed by atoms with Gasteiger partial charge in [-0.1, -0.05) is 18.6 Å². The summed E-state index contributed by atoms with van der Waals surface area (Å²) in [4.78, 5) is 4.82.